The fourth-order valence-corrected chi connectivity index (χ4v) is 4.92. The summed E-state index contributed by atoms with van der Waals surface area (Å²) in [6.07, 6.45) is 6.22. The number of aromatic nitrogens is 2. The minimum atomic E-state index is -0.139. The van der Waals surface area contributed by atoms with Gasteiger partial charge in [0.05, 0.1) is 11.7 Å². The molecular formula is C22H25N3O2S. The zero-order valence-electron chi connectivity index (χ0n) is 16.4. The second kappa shape index (κ2) is 7.87. The van der Waals surface area contributed by atoms with E-state index in [1.807, 2.05) is 19.2 Å². The van der Waals surface area contributed by atoms with Crippen LogP contribution in [0.5, 0.6) is 0 Å². The zero-order chi connectivity index (χ0) is 19.7. The molecule has 5 nitrogen and oxygen atoms in total. The van der Waals surface area contributed by atoms with Gasteiger partial charge >= 0.3 is 0 Å². The van der Waals surface area contributed by atoms with Crippen molar-refractivity contribution in [2.24, 2.45) is 0 Å². The van der Waals surface area contributed by atoms with Crippen LogP contribution in [0.4, 0.5) is 0 Å². The molecule has 0 radical (unpaired) electrons. The van der Waals surface area contributed by atoms with Crippen LogP contribution in [0.1, 0.15) is 37.8 Å². The first kappa shape index (κ1) is 18.9. The van der Waals surface area contributed by atoms with E-state index in [2.05, 4.69) is 23.2 Å². The van der Waals surface area contributed by atoms with Gasteiger partial charge in [0.2, 0.25) is 5.91 Å². The molecule has 1 aliphatic carbocycles. The fraction of sp³-hybridized carbons (Fsp3) is 0.409. The number of benzene rings is 1. The summed E-state index contributed by atoms with van der Waals surface area (Å²) in [4.78, 5) is 32.5. The van der Waals surface area contributed by atoms with Crippen LogP contribution in [0.25, 0.3) is 21.3 Å². The van der Waals surface area contributed by atoms with Crippen LogP contribution in [-0.4, -0.2) is 33.4 Å². The number of thiophene rings is 1. The molecule has 1 aliphatic rings. The molecule has 2 aromatic heterocycles. The standard InChI is InChI=1S/C22H25N3O2S/c1-3-24(4-2)19(26)12-25-14-23-21-20(22(25)27)18(13-28-21)17-10-9-15-7-5-6-8-16(15)11-17/h9-11,13-14H,3-8,12H2,1-2H3. The maximum absolute atomic E-state index is 13.2. The Labute approximate surface area is 168 Å². The van der Waals surface area contributed by atoms with E-state index in [1.54, 1.807) is 4.90 Å². The predicted octanol–water partition coefficient (Wildman–Crippen LogP) is 3.87. The smallest absolute Gasteiger partial charge is 0.263 e. The van der Waals surface area contributed by atoms with Crippen molar-refractivity contribution in [3.8, 4) is 11.1 Å². The molecule has 0 atom stereocenters. The Morgan fingerprint density at radius 2 is 1.93 bits per heavy atom. The highest BCUT2D eigenvalue weighted by Crippen LogP contribution is 2.33. The summed E-state index contributed by atoms with van der Waals surface area (Å²) in [7, 11) is 0. The van der Waals surface area contributed by atoms with Crippen LogP contribution in [0.2, 0.25) is 0 Å². The van der Waals surface area contributed by atoms with Gasteiger partial charge in [0.25, 0.3) is 5.56 Å². The molecule has 0 saturated heterocycles. The number of hydrogen-bond acceptors (Lipinski definition) is 4. The summed E-state index contributed by atoms with van der Waals surface area (Å²) < 4.78 is 1.44. The zero-order valence-corrected chi connectivity index (χ0v) is 17.2. The van der Waals surface area contributed by atoms with Gasteiger partial charge in [-0.05, 0) is 56.2 Å². The Morgan fingerprint density at radius 1 is 1.18 bits per heavy atom. The second-order valence-electron chi connectivity index (χ2n) is 7.26. The number of carbonyl (C=O) groups excluding carboxylic acids is 1. The van der Waals surface area contributed by atoms with Crippen molar-refractivity contribution in [1.82, 2.24) is 14.5 Å². The minimum absolute atomic E-state index is 0.0307. The third-order valence-corrected chi connectivity index (χ3v) is 6.53. The normalized spacial score (nSPS) is 13.5. The van der Waals surface area contributed by atoms with Crippen LogP contribution >= 0.6 is 11.3 Å². The maximum atomic E-state index is 13.2. The molecule has 6 heteroatoms. The molecule has 1 aromatic carbocycles. The first-order valence-electron chi connectivity index (χ1n) is 9.99. The summed E-state index contributed by atoms with van der Waals surface area (Å²) in [5.74, 6) is -0.0567. The minimum Gasteiger partial charge on any atom is -0.342 e. The van der Waals surface area contributed by atoms with Crippen LogP contribution in [0.3, 0.4) is 0 Å². The van der Waals surface area contributed by atoms with E-state index in [-0.39, 0.29) is 18.0 Å². The van der Waals surface area contributed by atoms with Crippen molar-refractivity contribution in [3.05, 3.63) is 51.4 Å². The largest absolute Gasteiger partial charge is 0.342 e. The van der Waals surface area contributed by atoms with Crippen molar-refractivity contribution in [2.45, 2.75) is 46.1 Å². The Kier molecular flexibility index (Phi) is 5.31. The molecule has 0 fully saturated rings. The predicted molar refractivity (Wildman–Crippen MR) is 114 cm³/mol. The van der Waals surface area contributed by atoms with E-state index in [1.165, 1.54) is 46.2 Å². The number of carbonyl (C=O) groups is 1. The Balaban J connectivity index is 1.75. The van der Waals surface area contributed by atoms with E-state index in [4.69, 9.17) is 0 Å². The first-order chi connectivity index (χ1) is 13.6. The number of rotatable bonds is 5. The third-order valence-electron chi connectivity index (χ3n) is 5.64. The van der Waals surface area contributed by atoms with Crippen LogP contribution in [-0.2, 0) is 24.2 Å². The lowest BCUT2D eigenvalue weighted by atomic mass is 9.89. The van der Waals surface area contributed by atoms with Crippen molar-refractivity contribution >= 4 is 27.5 Å². The lowest BCUT2D eigenvalue weighted by molar-refractivity contribution is -0.131. The van der Waals surface area contributed by atoms with Gasteiger partial charge < -0.3 is 4.90 Å². The van der Waals surface area contributed by atoms with E-state index in [0.29, 0.717) is 18.5 Å². The summed E-state index contributed by atoms with van der Waals surface area (Å²) in [5.41, 5.74) is 4.67. The van der Waals surface area contributed by atoms with Crippen molar-refractivity contribution in [2.75, 3.05) is 13.1 Å². The van der Waals surface area contributed by atoms with Gasteiger partial charge in [-0.2, -0.15) is 0 Å². The molecule has 0 N–H and O–H groups in total. The van der Waals surface area contributed by atoms with Crippen LogP contribution in [0.15, 0.2) is 34.7 Å². The first-order valence-corrected chi connectivity index (χ1v) is 10.9. The van der Waals surface area contributed by atoms with Gasteiger partial charge in [-0.15, -0.1) is 11.3 Å². The molecule has 1 amide bonds. The summed E-state index contributed by atoms with van der Waals surface area (Å²) in [5, 5.41) is 2.63. The van der Waals surface area contributed by atoms with Crippen LogP contribution < -0.4 is 5.56 Å². The number of fused-ring (bicyclic) bond motifs is 2. The molecule has 4 rings (SSSR count). The topological polar surface area (TPSA) is 55.2 Å². The number of amides is 1. The SMILES string of the molecule is CCN(CC)C(=O)Cn1cnc2scc(-c3ccc4c(c3)CCCC4)c2c1=O. The molecule has 146 valence electrons. The highest BCUT2D eigenvalue weighted by Gasteiger charge is 2.18. The van der Waals surface area contributed by atoms with Gasteiger partial charge in [0, 0.05) is 24.0 Å². The van der Waals surface area contributed by atoms with Gasteiger partial charge in [-0.1, -0.05) is 18.2 Å². The maximum Gasteiger partial charge on any atom is 0.263 e. The second-order valence-corrected chi connectivity index (χ2v) is 8.12. The summed E-state index contributed by atoms with van der Waals surface area (Å²) in [6.45, 7) is 5.19. The highest BCUT2D eigenvalue weighted by atomic mass is 32.1. The molecule has 0 unspecified atom stereocenters. The molecular weight excluding hydrogens is 370 g/mol. The monoisotopic (exact) mass is 395 g/mol. The average molecular weight is 396 g/mol. The van der Waals surface area contributed by atoms with Gasteiger partial charge in [-0.3, -0.25) is 14.2 Å². The Hall–Kier alpha value is -2.47. The molecule has 0 saturated carbocycles. The Bertz CT molecular complexity index is 1080. The molecule has 0 aliphatic heterocycles. The summed E-state index contributed by atoms with van der Waals surface area (Å²) in [6, 6.07) is 6.55. The van der Waals surface area contributed by atoms with Crippen molar-refractivity contribution in [3.63, 3.8) is 0 Å². The van der Waals surface area contributed by atoms with Crippen LogP contribution in [0, 0.1) is 0 Å². The van der Waals surface area contributed by atoms with E-state index < -0.39 is 0 Å². The average Bonchev–Trinajstić information content (AvgIpc) is 3.15. The molecule has 3 aromatic rings. The number of likely N-dealkylation sites (N-methyl/N-ethyl adjacent to an activating group) is 1. The third kappa shape index (κ3) is 3.37. The van der Waals surface area contributed by atoms with Gasteiger partial charge in [0.1, 0.15) is 11.4 Å². The Morgan fingerprint density at radius 3 is 2.68 bits per heavy atom. The molecule has 0 spiro atoms. The number of aryl methyl sites for hydroxylation is 2. The summed E-state index contributed by atoms with van der Waals surface area (Å²) >= 11 is 1.48. The number of hydrogen-bond donors (Lipinski definition) is 0. The molecule has 2 heterocycles. The quantitative estimate of drug-likeness (QED) is 0.659. The van der Waals surface area contributed by atoms with E-state index in [0.717, 1.165) is 28.8 Å². The number of nitrogens with zero attached hydrogens (tertiary/aromatic N) is 3. The fourth-order valence-electron chi connectivity index (χ4n) is 4.02. The lowest BCUT2D eigenvalue weighted by Gasteiger charge is -2.19. The highest BCUT2D eigenvalue weighted by molar-refractivity contribution is 7.17. The van der Waals surface area contributed by atoms with Gasteiger partial charge in [-0.25, -0.2) is 4.98 Å². The molecule has 0 bridgehead atoms. The lowest BCUT2D eigenvalue weighted by Crippen LogP contribution is -2.36. The van der Waals surface area contributed by atoms with E-state index >= 15 is 0 Å². The van der Waals surface area contributed by atoms with Crippen molar-refractivity contribution in [1.29, 1.82) is 0 Å². The van der Waals surface area contributed by atoms with Gasteiger partial charge in [0.15, 0.2) is 0 Å². The van der Waals surface area contributed by atoms with E-state index in [9.17, 15) is 9.59 Å². The molecule has 28 heavy (non-hydrogen) atoms. The van der Waals surface area contributed by atoms with Crippen molar-refractivity contribution < 1.29 is 4.79 Å².